The van der Waals surface area contributed by atoms with Crippen molar-refractivity contribution in [2.75, 3.05) is 47.0 Å². The number of aryl methyl sites for hydroxylation is 1. The number of carbonyl (C=O) groups excluding carboxylic acids is 1. The molecule has 3 fully saturated rings. The van der Waals surface area contributed by atoms with Crippen LogP contribution in [-0.2, 0) is 4.79 Å². The van der Waals surface area contributed by atoms with Gasteiger partial charge in [-0.15, -0.1) is 10.2 Å². The number of anilines is 3. The Hall–Kier alpha value is -2.22. The molecule has 1 aromatic heterocycles. The van der Waals surface area contributed by atoms with Crippen LogP contribution in [0.15, 0.2) is 23.4 Å². The largest absolute Gasteiger partial charge is 0.371 e. The summed E-state index contributed by atoms with van der Waals surface area (Å²) in [5.74, 6) is 1.35. The van der Waals surface area contributed by atoms with Gasteiger partial charge in [-0.3, -0.25) is 9.36 Å². The third kappa shape index (κ3) is 4.68. The average Bonchev–Trinajstić information content (AvgIpc) is 3.30. The first kappa shape index (κ1) is 20.7. The molecule has 3 heterocycles. The van der Waals surface area contributed by atoms with Gasteiger partial charge in [0, 0.05) is 43.6 Å². The van der Waals surface area contributed by atoms with Crippen LogP contribution >= 0.6 is 11.8 Å². The van der Waals surface area contributed by atoms with E-state index in [0.717, 1.165) is 43.0 Å². The Morgan fingerprint density at radius 1 is 1.03 bits per heavy atom. The third-order valence-electron chi connectivity index (χ3n) is 6.46. The van der Waals surface area contributed by atoms with Crippen LogP contribution in [0, 0.1) is 6.92 Å². The van der Waals surface area contributed by atoms with Crippen molar-refractivity contribution in [1.29, 1.82) is 0 Å². The van der Waals surface area contributed by atoms with Crippen LogP contribution in [0.4, 0.5) is 17.3 Å². The zero-order chi connectivity index (χ0) is 21.2. The number of thioether (sulfide) groups is 1. The minimum atomic E-state index is 0.00296. The van der Waals surface area contributed by atoms with Crippen molar-refractivity contribution in [1.82, 2.24) is 14.8 Å². The molecule has 0 unspecified atom stereocenters. The standard InChI is InChI=1S/C23H32N6OS/c1-17-15-18(7-10-20(17)27-11-5-6-12-27)24-21(30)16-31-23-26-25-22(29(23)19-8-9-19)28-13-3-2-4-14-28/h7,10,15,19H,2-6,8-9,11-14,16H2,1H3,(H,24,30). The van der Waals surface area contributed by atoms with Crippen LogP contribution in [0.3, 0.4) is 0 Å². The van der Waals surface area contributed by atoms with E-state index in [-0.39, 0.29) is 5.91 Å². The predicted molar refractivity (Wildman–Crippen MR) is 126 cm³/mol. The van der Waals surface area contributed by atoms with Crippen LogP contribution in [0.2, 0.25) is 0 Å². The lowest BCUT2D eigenvalue weighted by atomic mass is 10.1. The molecule has 1 saturated carbocycles. The molecule has 5 rings (SSSR count). The Bertz CT molecular complexity index is 928. The number of carbonyl (C=O) groups is 1. The minimum Gasteiger partial charge on any atom is -0.371 e. The average molecular weight is 441 g/mol. The topological polar surface area (TPSA) is 66.3 Å². The molecule has 2 aromatic rings. The van der Waals surface area contributed by atoms with Gasteiger partial charge in [-0.2, -0.15) is 0 Å². The van der Waals surface area contributed by atoms with Crippen molar-refractivity contribution < 1.29 is 4.79 Å². The van der Waals surface area contributed by atoms with Gasteiger partial charge in [0.05, 0.1) is 5.75 Å². The summed E-state index contributed by atoms with van der Waals surface area (Å²) < 4.78 is 2.28. The van der Waals surface area contributed by atoms with Crippen molar-refractivity contribution >= 4 is 35.0 Å². The van der Waals surface area contributed by atoms with E-state index in [1.165, 1.54) is 68.0 Å². The number of aromatic nitrogens is 3. The number of amides is 1. The first-order valence-electron chi connectivity index (χ1n) is 11.7. The molecule has 166 valence electrons. The lowest BCUT2D eigenvalue weighted by Crippen LogP contribution is -2.32. The van der Waals surface area contributed by atoms with Crippen LogP contribution < -0.4 is 15.1 Å². The van der Waals surface area contributed by atoms with Crippen LogP contribution in [-0.4, -0.2) is 52.6 Å². The lowest BCUT2D eigenvalue weighted by Gasteiger charge is -2.27. The van der Waals surface area contributed by atoms with Gasteiger partial charge in [0.2, 0.25) is 11.9 Å². The fourth-order valence-electron chi connectivity index (χ4n) is 4.70. The minimum absolute atomic E-state index is 0.00296. The van der Waals surface area contributed by atoms with E-state index < -0.39 is 0 Å². The van der Waals surface area contributed by atoms with E-state index in [2.05, 4.69) is 48.9 Å². The molecule has 2 aliphatic heterocycles. The summed E-state index contributed by atoms with van der Waals surface area (Å²) in [6.45, 7) is 6.50. The third-order valence-corrected chi connectivity index (χ3v) is 7.40. The van der Waals surface area contributed by atoms with Gasteiger partial charge in [0.1, 0.15) is 0 Å². The highest BCUT2D eigenvalue weighted by atomic mass is 32.2. The SMILES string of the molecule is Cc1cc(NC(=O)CSc2nnc(N3CCCCC3)n2C2CC2)ccc1N1CCCC1. The van der Waals surface area contributed by atoms with Crippen molar-refractivity contribution in [3.8, 4) is 0 Å². The highest BCUT2D eigenvalue weighted by molar-refractivity contribution is 7.99. The number of piperidine rings is 1. The Morgan fingerprint density at radius 3 is 2.45 bits per heavy atom. The highest BCUT2D eigenvalue weighted by Gasteiger charge is 2.32. The smallest absolute Gasteiger partial charge is 0.234 e. The van der Waals surface area contributed by atoms with E-state index in [9.17, 15) is 4.79 Å². The van der Waals surface area contributed by atoms with Crippen LogP contribution in [0.25, 0.3) is 0 Å². The van der Waals surface area contributed by atoms with E-state index in [1.807, 2.05) is 6.07 Å². The first-order chi connectivity index (χ1) is 15.2. The summed E-state index contributed by atoms with van der Waals surface area (Å²) in [5.41, 5.74) is 3.36. The van der Waals surface area contributed by atoms with Gasteiger partial charge >= 0.3 is 0 Å². The zero-order valence-electron chi connectivity index (χ0n) is 18.3. The van der Waals surface area contributed by atoms with Gasteiger partial charge in [-0.25, -0.2) is 0 Å². The van der Waals surface area contributed by atoms with Crippen molar-refractivity contribution in [3.05, 3.63) is 23.8 Å². The Balaban J connectivity index is 1.21. The maximum absolute atomic E-state index is 12.6. The number of nitrogens with one attached hydrogen (secondary N) is 1. The first-order valence-corrected chi connectivity index (χ1v) is 12.7. The Labute approximate surface area is 188 Å². The molecule has 0 spiro atoms. The fourth-order valence-corrected chi connectivity index (χ4v) is 5.50. The van der Waals surface area contributed by atoms with Gasteiger partial charge in [-0.05, 0) is 75.6 Å². The summed E-state index contributed by atoms with van der Waals surface area (Å²) in [4.78, 5) is 17.4. The second kappa shape index (κ2) is 9.10. The quantitative estimate of drug-likeness (QED) is 0.650. The molecule has 1 aliphatic carbocycles. The van der Waals surface area contributed by atoms with E-state index in [0.29, 0.717) is 11.8 Å². The number of benzene rings is 1. The van der Waals surface area contributed by atoms with Gasteiger partial charge in [-0.1, -0.05) is 11.8 Å². The molecule has 3 aliphatic rings. The molecular formula is C23H32N6OS. The van der Waals surface area contributed by atoms with E-state index in [1.54, 1.807) is 0 Å². The molecule has 31 heavy (non-hydrogen) atoms. The maximum atomic E-state index is 12.6. The molecule has 8 heteroatoms. The van der Waals surface area contributed by atoms with Crippen LogP contribution in [0.1, 0.15) is 56.6 Å². The molecule has 1 N–H and O–H groups in total. The Morgan fingerprint density at radius 2 is 1.74 bits per heavy atom. The number of hydrogen-bond acceptors (Lipinski definition) is 6. The van der Waals surface area contributed by atoms with Gasteiger partial charge in [0.15, 0.2) is 5.16 Å². The monoisotopic (exact) mass is 440 g/mol. The molecule has 1 aromatic carbocycles. The summed E-state index contributed by atoms with van der Waals surface area (Å²) in [5, 5.41) is 12.9. The molecule has 2 saturated heterocycles. The number of hydrogen-bond donors (Lipinski definition) is 1. The van der Waals surface area contributed by atoms with E-state index in [4.69, 9.17) is 0 Å². The molecule has 0 atom stereocenters. The summed E-state index contributed by atoms with van der Waals surface area (Å²) in [6.07, 6.45) is 8.63. The second-order valence-corrected chi connectivity index (χ2v) is 9.91. The number of rotatable bonds is 7. The second-order valence-electron chi connectivity index (χ2n) is 8.96. The normalized spacial score (nSPS) is 19.1. The van der Waals surface area contributed by atoms with Crippen LogP contribution in [0.5, 0.6) is 0 Å². The summed E-state index contributed by atoms with van der Waals surface area (Å²) >= 11 is 1.50. The zero-order valence-corrected chi connectivity index (χ0v) is 19.2. The highest BCUT2D eigenvalue weighted by Crippen LogP contribution is 2.41. The number of nitrogens with zero attached hydrogens (tertiary/aromatic N) is 5. The van der Waals surface area contributed by atoms with Gasteiger partial charge in [0.25, 0.3) is 0 Å². The molecule has 7 nitrogen and oxygen atoms in total. The molecule has 1 amide bonds. The maximum Gasteiger partial charge on any atom is 0.234 e. The molecular weight excluding hydrogens is 408 g/mol. The molecule has 0 radical (unpaired) electrons. The lowest BCUT2D eigenvalue weighted by molar-refractivity contribution is -0.113. The van der Waals surface area contributed by atoms with Crippen molar-refractivity contribution in [2.24, 2.45) is 0 Å². The summed E-state index contributed by atoms with van der Waals surface area (Å²) in [6, 6.07) is 6.73. The predicted octanol–water partition coefficient (Wildman–Crippen LogP) is 4.24. The summed E-state index contributed by atoms with van der Waals surface area (Å²) in [7, 11) is 0. The Kier molecular flexibility index (Phi) is 6.07. The molecule has 0 bridgehead atoms. The van der Waals surface area contributed by atoms with E-state index >= 15 is 0 Å². The fraction of sp³-hybridized carbons (Fsp3) is 0.609. The van der Waals surface area contributed by atoms with Gasteiger partial charge < -0.3 is 15.1 Å². The van der Waals surface area contributed by atoms with Crippen molar-refractivity contribution in [2.45, 2.75) is 63.1 Å². The van der Waals surface area contributed by atoms with Crippen molar-refractivity contribution in [3.63, 3.8) is 0 Å².